The van der Waals surface area contributed by atoms with Crippen molar-refractivity contribution >= 4 is 11.9 Å². The number of carboxylic acid groups (broad SMARTS) is 1. The molecule has 0 radical (unpaired) electrons. The second kappa shape index (κ2) is 4.73. The molecule has 0 saturated carbocycles. The molecule has 8 heteroatoms. The van der Waals surface area contributed by atoms with Crippen LogP contribution >= 0.6 is 0 Å². The maximum atomic E-state index is 12.0. The monoisotopic (exact) mass is 254 g/mol. The smallest absolute Gasteiger partial charge is 0.326 e. The van der Waals surface area contributed by atoms with Crippen LogP contribution in [0.4, 0.5) is 0 Å². The number of amides is 1. The molecule has 3 N–H and O–H groups in total. The van der Waals surface area contributed by atoms with Crippen LogP contribution in [0.2, 0.25) is 0 Å². The third kappa shape index (κ3) is 2.19. The molecule has 2 rings (SSSR count). The summed E-state index contributed by atoms with van der Waals surface area (Å²) in [4.78, 5) is 28.1. The number of aromatic amines is 1. The predicted octanol–water partition coefficient (Wildman–Crippen LogP) is -0.973. The number of carbonyl (C=O) groups excluding carboxylic acids is 1. The van der Waals surface area contributed by atoms with Crippen molar-refractivity contribution in [3.63, 3.8) is 0 Å². The zero-order chi connectivity index (χ0) is 13.3. The van der Waals surface area contributed by atoms with Gasteiger partial charge in [0.2, 0.25) is 5.82 Å². The third-order valence-electron chi connectivity index (χ3n) is 2.88. The van der Waals surface area contributed by atoms with Gasteiger partial charge in [-0.25, -0.2) is 9.78 Å². The molecular formula is C10H14N4O4. The van der Waals surface area contributed by atoms with Crippen molar-refractivity contribution in [1.29, 1.82) is 0 Å². The Bertz CT molecular complexity index is 472. The van der Waals surface area contributed by atoms with Gasteiger partial charge in [-0.3, -0.25) is 9.89 Å². The molecule has 0 bridgehead atoms. The first-order chi connectivity index (χ1) is 8.52. The van der Waals surface area contributed by atoms with E-state index in [1.54, 1.807) is 0 Å². The van der Waals surface area contributed by atoms with Crippen LogP contribution in [-0.2, 0) is 11.2 Å². The quantitative estimate of drug-likeness (QED) is 0.638. The summed E-state index contributed by atoms with van der Waals surface area (Å²) in [5, 5.41) is 24.8. The Hall–Kier alpha value is -1.96. The molecule has 0 aromatic carbocycles. The number of hydrogen-bond acceptors (Lipinski definition) is 5. The van der Waals surface area contributed by atoms with E-state index in [0.717, 1.165) is 4.90 Å². The molecule has 1 aromatic heterocycles. The highest BCUT2D eigenvalue weighted by Gasteiger charge is 2.40. The number of carbonyl (C=O) groups is 2. The number of aryl methyl sites for hydroxylation is 1. The number of β-amino-alcohol motifs (C(OH)–C–C–N with tert-alkyl or cyclic N) is 1. The van der Waals surface area contributed by atoms with Gasteiger partial charge in [-0.05, 0) is 0 Å². The summed E-state index contributed by atoms with van der Waals surface area (Å²) in [5.41, 5.74) is 0. The van der Waals surface area contributed by atoms with Crippen molar-refractivity contribution in [1.82, 2.24) is 20.1 Å². The number of likely N-dealkylation sites (tertiary alicyclic amines) is 1. The van der Waals surface area contributed by atoms with E-state index >= 15 is 0 Å². The molecule has 1 amide bonds. The molecule has 1 aromatic rings. The Labute approximate surface area is 103 Å². The van der Waals surface area contributed by atoms with Gasteiger partial charge in [-0.1, -0.05) is 6.92 Å². The number of hydrogen-bond donors (Lipinski definition) is 3. The molecule has 1 saturated heterocycles. The number of rotatable bonds is 3. The van der Waals surface area contributed by atoms with Crippen LogP contribution in [0.5, 0.6) is 0 Å². The van der Waals surface area contributed by atoms with Gasteiger partial charge in [0.1, 0.15) is 11.9 Å². The van der Waals surface area contributed by atoms with Crippen LogP contribution in [0.15, 0.2) is 0 Å². The Morgan fingerprint density at radius 3 is 2.83 bits per heavy atom. The molecule has 2 heterocycles. The lowest BCUT2D eigenvalue weighted by Gasteiger charge is -2.19. The molecule has 1 aliphatic heterocycles. The highest BCUT2D eigenvalue weighted by atomic mass is 16.4. The predicted molar refractivity (Wildman–Crippen MR) is 58.8 cm³/mol. The summed E-state index contributed by atoms with van der Waals surface area (Å²) in [6.45, 7) is 1.85. The maximum absolute atomic E-state index is 12.0. The number of H-pyrrole nitrogens is 1. The van der Waals surface area contributed by atoms with Crippen LogP contribution in [-0.4, -0.2) is 60.9 Å². The van der Waals surface area contributed by atoms with E-state index < -0.39 is 24.0 Å². The fourth-order valence-electron chi connectivity index (χ4n) is 1.95. The number of carboxylic acids is 1. The Kier molecular flexibility index (Phi) is 3.28. The lowest BCUT2D eigenvalue weighted by atomic mass is 10.2. The number of aliphatic carboxylic acids is 1. The van der Waals surface area contributed by atoms with E-state index in [2.05, 4.69) is 15.2 Å². The van der Waals surface area contributed by atoms with Gasteiger partial charge in [0.05, 0.1) is 6.10 Å². The van der Waals surface area contributed by atoms with E-state index in [0.29, 0.717) is 12.2 Å². The summed E-state index contributed by atoms with van der Waals surface area (Å²) in [6, 6.07) is -1.02. The normalized spacial score (nSPS) is 23.3. The van der Waals surface area contributed by atoms with Crippen LogP contribution in [0.3, 0.4) is 0 Å². The van der Waals surface area contributed by atoms with Crippen molar-refractivity contribution in [2.45, 2.75) is 31.9 Å². The largest absolute Gasteiger partial charge is 0.480 e. The van der Waals surface area contributed by atoms with Crippen LogP contribution < -0.4 is 0 Å². The van der Waals surface area contributed by atoms with E-state index in [1.807, 2.05) is 6.92 Å². The van der Waals surface area contributed by atoms with Gasteiger partial charge in [0.25, 0.3) is 5.91 Å². The Morgan fingerprint density at radius 2 is 2.28 bits per heavy atom. The second-order valence-corrected chi connectivity index (χ2v) is 4.16. The summed E-state index contributed by atoms with van der Waals surface area (Å²) in [5.74, 6) is -1.21. The maximum Gasteiger partial charge on any atom is 0.326 e. The Balaban J connectivity index is 2.19. The number of aliphatic hydroxyl groups is 1. The second-order valence-electron chi connectivity index (χ2n) is 4.16. The van der Waals surface area contributed by atoms with Crippen LogP contribution in [0.25, 0.3) is 0 Å². The van der Waals surface area contributed by atoms with Gasteiger partial charge in [-0.15, -0.1) is 5.10 Å². The summed E-state index contributed by atoms with van der Waals surface area (Å²) >= 11 is 0. The van der Waals surface area contributed by atoms with E-state index in [9.17, 15) is 14.7 Å². The first kappa shape index (κ1) is 12.5. The lowest BCUT2D eigenvalue weighted by molar-refractivity contribution is -0.141. The minimum atomic E-state index is -1.13. The molecule has 1 fully saturated rings. The summed E-state index contributed by atoms with van der Waals surface area (Å²) in [7, 11) is 0. The van der Waals surface area contributed by atoms with Crippen molar-refractivity contribution < 1.29 is 19.8 Å². The standard InChI is InChI=1S/C10H14N4O4/c1-2-7-11-8(13-12-7)9(16)14-4-5(15)3-6(14)10(17)18/h5-6,15H,2-4H2,1H3,(H,17,18)(H,11,12,13). The van der Waals surface area contributed by atoms with Crippen molar-refractivity contribution in [2.75, 3.05) is 6.54 Å². The molecule has 8 nitrogen and oxygen atoms in total. The fraction of sp³-hybridized carbons (Fsp3) is 0.600. The van der Waals surface area contributed by atoms with E-state index in [-0.39, 0.29) is 18.8 Å². The zero-order valence-corrected chi connectivity index (χ0v) is 9.83. The average molecular weight is 254 g/mol. The minimum Gasteiger partial charge on any atom is -0.480 e. The average Bonchev–Trinajstić information content (AvgIpc) is 2.94. The molecule has 18 heavy (non-hydrogen) atoms. The third-order valence-corrected chi connectivity index (χ3v) is 2.88. The highest BCUT2D eigenvalue weighted by molar-refractivity contribution is 5.94. The van der Waals surface area contributed by atoms with Gasteiger partial charge < -0.3 is 15.1 Å². The highest BCUT2D eigenvalue weighted by Crippen LogP contribution is 2.19. The first-order valence-corrected chi connectivity index (χ1v) is 5.66. The van der Waals surface area contributed by atoms with Crippen molar-refractivity contribution in [3.05, 3.63) is 11.6 Å². The molecule has 98 valence electrons. The Morgan fingerprint density at radius 1 is 1.56 bits per heavy atom. The molecule has 2 atom stereocenters. The molecule has 2 unspecified atom stereocenters. The van der Waals surface area contributed by atoms with Gasteiger partial charge >= 0.3 is 5.97 Å². The van der Waals surface area contributed by atoms with Crippen molar-refractivity contribution in [2.24, 2.45) is 0 Å². The van der Waals surface area contributed by atoms with E-state index in [1.165, 1.54) is 0 Å². The lowest BCUT2D eigenvalue weighted by Crippen LogP contribution is -2.41. The first-order valence-electron chi connectivity index (χ1n) is 5.66. The number of aliphatic hydroxyl groups excluding tert-OH is 1. The van der Waals surface area contributed by atoms with Gasteiger partial charge in [-0.2, -0.15) is 0 Å². The number of aromatic nitrogens is 3. The number of nitrogens with zero attached hydrogens (tertiary/aromatic N) is 3. The minimum absolute atomic E-state index is 0.00814. The SMILES string of the molecule is CCc1nc(C(=O)N2CC(O)CC2C(=O)O)n[nH]1. The van der Waals surface area contributed by atoms with Gasteiger partial charge in [0, 0.05) is 19.4 Å². The fourth-order valence-corrected chi connectivity index (χ4v) is 1.95. The summed E-state index contributed by atoms with van der Waals surface area (Å²) < 4.78 is 0. The van der Waals surface area contributed by atoms with E-state index in [4.69, 9.17) is 5.11 Å². The molecular weight excluding hydrogens is 240 g/mol. The zero-order valence-electron chi connectivity index (χ0n) is 9.83. The van der Waals surface area contributed by atoms with Gasteiger partial charge in [0.15, 0.2) is 0 Å². The molecule has 0 spiro atoms. The van der Waals surface area contributed by atoms with Crippen molar-refractivity contribution in [3.8, 4) is 0 Å². The van der Waals surface area contributed by atoms with Crippen LogP contribution in [0, 0.1) is 0 Å². The topological polar surface area (TPSA) is 119 Å². The van der Waals surface area contributed by atoms with Crippen LogP contribution in [0.1, 0.15) is 29.8 Å². The summed E-state index contributed by atoms with van der Waals surface area (Å²) in [6.07, 6.45) is -0.183. The molecule has 0 aliphatic carbocycles. The molecule has 1 aliphatic rings. The number of nitrogens with one attached hydrogen (secondary N) is 1.